The van der Waals surface area contributed by atoms with Crippen LogP contribution in [0.15, 0.2) is 60.7 Å². The lowest BCUT2D eigenvalue weighted by atomic mass is 9.88. The first-order valence-electron chi connectivity index (χ1n) is 12.0. The second kappa shape index (κ2) is 10.8. The van der Waals surface area contributed by atoms with Gasteiger partial charge in [-0.15, -0.1) is 0 Å². The molecule has 0 radical (unpaired) electrons. The molecule has 0 saturated heterocycles. The molecule has 1 aliphatic heterocycles. The van der Waals surface area contributed by atoms with Crippen molar-refractivity contribution < 1.29 is 27.1 Å². The van der Waals surface area contributed by atoms with Gasteiger partial charge in [-0.3, -0.25) is 4.79 Å². The first-order valence-corrected chi connectivity index (χ1v) is 12.0. The molecule has 2 N–H and O–H groups in total. The number of nitrogens with one attached hydrogen (secondary N) is 2. The van der Waals surface area contributed by atoms with E-state index in [-0.39, 0.29) is 24.5 Å². The van der Waals surface area contributed by atoms with Crippen molar-refractivity contribution in [2.75, 3.05) is 23.9 Å². The average molecular weight is 516 g/mol. The lowest BCUT2D eigenvalue weighted by Gasteiger charge is -2.40. The summed E-state index contributed by atoms with van der Waals surface area (Å²) in [6, 6.07) is 17.1. The summed E-state index contributed by atoms with van der Waals surface area (Å²) in [6.07, 6.45) is -3.66. The van der Waals surface area contributed by atoms with Gasteiger partial charge in [-0.1, -0.05) is 24.3 Å². The summed E-state index contributed by atoms with van der Waals surface area (Å²) in [5, 5.41) is 5.88. The van der Waals surface area contributed by atoms with Gasteiger partial charge in [0, 0.05) is 31.3 Å². The highest BCUT2D eigenvalue weighted by molar-refractivity contribution is 5.94. The van der Waals surface area contributed by atoms with Crippen molar-refractivity contribution in [2.45, 2.75) is 45.1 Å². The molecule has 3 aromatic carbocycles. The molecule has 4 rings (SSSR count). The van der Waals surface area contributed by atoms with Gasteiger partial charge in [-0.25, -0.2) is 4.39 Å². The zero-order chi connectivity index (χ0) is 26.7. The maximum absolute atomic E-state index is 13.8. The van der Waals surface area contributed by atoms with E-state index in [0.717, 1.165) is 27.9 Å². The number of carbonyl (C=O) groups is 1. The van der Waals surface area contributed by atoms with Gasteiger partial charge in [0.2, 0.25) is 5.91 Å². The van der Waals surface area contributed by atoms with E-state index in [1.54, 1.807) is 17.0 Å². The molecule has 1 amide bonds. The number of hydrogen-bond acceptors (Lipinski definition) is 4. The van der Waals surface area contributed by atoms with E-state index < -0.39 is 18.5 Å². The molecule has 5 nitrogen and oxygen atoms in total. The quantitative estimate of drug-likeness (QED) is 0.355. The van der Waals surface area contributed by atoms with Crippen LogP contribution >= 0.6 is 0 Å². The lowest BCUT2D eigenvalue weighted by Crippen LogP contribution is -2.43. The molecule has 1 aliphatic rings. The standard InChI is InChI=1S/C28H29F4N3O2/c1-17-11-25(34-24-9-8-22(29)14-27(24)37-3)23-13-21(7-10-26(23)35(17)18(2)36)20-6-4-5-19(12-20)15-33-16-28(30,31)32/h4-10,12-14,17,25,33-34H,11,15-16H2,1-3H3/t17-,25+/m0/s1. The van der Waals surface area contributed by atoms with Crippen molar-refractivity contribution in [3.8, 4) is 16.9 Å². The molecule has 0 unspecified atom stereocenters. The number of amides is 1. The zero-order valence-electron chi connectivity index (χ0n) is 20.8. The molecule has 0 aliphatic carbocycles. The monoisotopic (exact) mass is 515 g/mol. The summed E-state index contributed by atoms with van der Waals surface area (Å²) in [5.41, 5.74) is 4.73. The zero-order valence-corrected chi connectivity index (χ0v) is 20.8. The molecule has 2 atom stereocenters. The highest BCUT2D eigenvalue weighted by Crippen LogP contribution is 2.42. The van der Waals surface area contributed by atoms with Crippen molar-refractivity contribution in [1.82, 2.24) is 5.32 Å². The Labute approximate surface area is 213 Å². The highest BCUT2D eigenvalue weighted by atomic mass is 19.4. The molecule has 0 fully saturated rings. The largest absolute Gasteiger partial charge is 0.494 e. The van der Waals surface area contributed by atoms with E-state index >= 15 is 0 Å². The van der Waals surface area contributed by atoms with Crippen LogP contribution in [0, 0.1) is 5.82 Å². The summed E-state index contributed by atoms with van der Waals surface area (Å²) < 4.78 is 56.7. The number of nitrogens with zero attached hydrogens (tertiary/aromatic N) is 1. The molecule has 9 heteroatoms. The number of hydrogen-bond donors (Lipinski definition) is 2. The maximum atomic E-state index is 13.8. The third-order valence-corrected chi connectivity index (χ3v) is 6.43. The van der Waals surface area contributed by atoms with Gasteiger partial charge >= 0.3 is 6.18 Å². The van der Waals surface area contributed by atoms with E-state index in [9.17, 15) is 22.4 Å². The number of benzene rings is 3. The van der Waals surface area contributed by atoms with Gasteiger partial charge in [0.1, 0.15) is 11.6 Å². The Morgan fingerprint density at radius 2 is 1.84 bits per heavy atom. The van der Waals surface area contributed by atoms with Gasteiger partial charge in [0.15, 0.2) is 0 Å². The van der Waals surface area contributed by atoms with Crippen LogP contribution in [0.3, 0.4) is 0 Å². The Hall–Kier alpha value is -3.59. The van der Waals surface area contributed by atoms with Crippen molar-refractivity contribution in [3.05, 3.63) is 77.6 Å². The smallest absolute Gasteiger partial charge is 0.401 e. The van der Waals surface area contributed by atoms with Crippen molar-refractivity contribution in [1.29, 1.82) is 0 Å². The van der Waals surface area contributed by atoms with Crippen LogP contribution in [-0.4, -0.2) is 31.8 Å². The third kappa shape index (κ3) is 6.22. The van der Waals surface area contributed by atoms with Gasteiger partial charge in [0.05, 0.1) is 25.4 Å². The average Bonchev–Trinajstić information content (AvgIpc) is 2.84. The molecule has 1 heterocycles. The second-order valence-corrected chi connectivity index (χ2v) is 9.21. The highest BCUT2D eigenvalue weighted by Gasteiger charge is 2.33. The van der Waals surface area contributed by atoms with Crippen molar-refractivity contribution in [3.63, 3.8) is 0 Å². The lowest BCUT2D eigenvalue weighted by molar-refractivity contribution is -0.125. The van der Waals surface area contributed by atoms with Crippen LogP contribution in [0.2, 0.25) is 0 Å². The molecule has 0 aromatic heterocycles. The summed E-state index contributed by atoms with van der Waals surface area (Å²) in [4.78, 5) is 14.3. The first kappa shape index (κ1) is 26.5. The van der Waals surface area contributed by atoms with Crippen LogP contribution in [-0.2, 0) is 11.3 Å². The molecule has 0 bridgehead atoms. The third-order valence-electron chi connectivity index (χ3n) is 6.43. The number of halogens is 4. The molecular weight excluding hydrogens is 486 g/mol. The fourth-order valence-electron chi connectivity index (χ4n) is 4.84. The predicted molar refractivity (Wildman–Crippen MR) is 136 cm³/mol. The van der Waals surface area contributed by atoms with E-state index in [0.29, 0.717) is 17.9 Å². The Morgan fingerprint density at radius 3 is 2.54 bits per heavy atom. The molecule has 3 aromatic rings. The minimum atomic E-state index is -4.27. The fourth-order valence-corrected chi connectivity index (χ4v) is 4.84. The summed E-state index contributed by atoms with van der Waals surface area (Å²) in [5.74, 6) is -0.107. The number of ether oxygens (including phenoxy) is 1. The number of carbonyl (C=O) groups excluding carboxylic acids is 1. The first-order chi connectivity index (χ1) is 17.6. The van der Waals surface area contributed by atoms with Crippen molar-refractivity contribution in [2.24, 2.45) is 0 Å². The fraction of sp³-hybridized carbons (Fsp3) is 0.321. The Bertz CT molecular complexity index is 1280. The van der Waals surface area contributed by atoms with E-state index in [1.807, 2.05) is 43.3 Å². The molecular formula is C28H29F4N3O2. The molecule has 0 spiro atoms. The van der Waals surface area contributed by atoms with Crippen LogP contribution < -0.4 is 20.3 Å². The van der Waals surface area contributed by atoms with Gasteiger partial charge in [-0.2, -0.15) is 13.2 Å². The number of rotatable bonds is 7. The Kier molecular flexibility index (Phi) is 7.73. The maximum Gasteiger partial charge on any atom is 0.401 e. The minimum Gasteiger partial charge on any atom is -0.494 e. The van der Waals surface area contributed by atoms with E-state index in [1.165, 1.54) is 26.2 Å². The van der Waals surface area contributed by atoms with Gasteiger partial charge < -0.3 is 20.3 Å². The molecule has 37 heavy (non-hydrogen) atoms. The second-order valence-electron chi connectivity index (χ2n) is 9.21. The SMILES string of the molecule is COc1cc(F)ccc1N[C@@H]1C[C@H](C)N(C(C)=O)c2ccc(-c3cccc(CNCC(F)(F)F)c3)cc21. The minimum absolute atomic E-state index is 0.0722. The Morgan fingerprint density at radius 1 is 1.08 bits per heavy atom. The number of alkyl halides is 3. The molecule has 196 valence electrons. The summed E-state index contributed by atoms with van der Waals surface area (Å²) in [6.45, 7) is 2.53. The van der Waals surface area contributed by atoms with Crippen molar-refractivity contribution >= 4 is 17.3 Å². The number of anilines is 2. The summed E-state index contributed by atoms with van der Waals surface area (Å²) >= 11 is 0. The Balaban J connectivity index is 1.69. The van der Waals surface area contributed by atoms with E-state index in [4.69, 9.17) is 4.74 Å². The normalized spacial score (nSPS) is 17.3. The molecule has 0 saturated carbocycles. The van der Waals surface area contributed by atoms with E-state index in [2.05, 4.69) is 10.6 Å². The summed E-state index contributed by atoms with van der Waals surface area (Å²) in [7, 11) is 1.48. The van der Waals surface area contributed by atoms with Crippen LogP contribution in [0.25, 0.3) is 11.1 Å². The van der Waals surface area contributed by atoms with Gasteiger partial charge in [-0.05, 0) is 65.9 Å². The van der Waals surface area contributed by atoms with Crippen LogP contribution in [0.5, 0.6) is 5.75 Å². The van der Waals surface area contributed by atoms with Crippen LogP contribution in [0.4, 0.5) is 28.9 Å². The van der Waals surface area contributed by atoms with Gasteiger partial charge in [0.25, 0.3) is 0 Å². The number of fused-ring (bicyclic) bond motifs is 1. The van der Waals surface area contributed by atoms with Crippen LogP contribution in [0.1, 0.15) is 37.4 Å². The number of methoxy groups -OCH3 is 1. The topological polar surface area (TPSA) is 53.6 Å². The predicted octanol–water partition coefficient (Wildman–Crippen LogP) is 6.45.